The van der Waals surface area contributed by atoms with Gasteiger partial charge < -0.3 is 5.32 Å². The lowest BCUT2D eigenvalue weighted by atomic mass is 10.1. The summed E-state index contributed by atoms with van der Waals surface area (Å²) in [4.78, 5) is 0. The van der Waals surface area contributed by atoms with Gasteiger partial charge in [0.25, 0.3) is 0 Å². The van der Waals surface area contributed by atoms with Crippen LogP contribution in [0, 0.1) is 6.92 Å². The van der Waals surface area contributed by atoms with E-state index in [4.69, 9.17) is 0 Å². The molecule has 4 heteroatoms. The fourth-order valence-corrected chi connectivity index (χ4v) is 2.16. The van der Waals surface area contributed by atoms with Gasteiger partial charge in [-0.15, -0.1) is 0 Å². The van der Waals surface area contributed by atoms with E-state index in [-0.39, 0.29) is 5.75 Å². The zero-order chi connectivity index (χ0) is 12.0. The molecule has 1 N–H and O–H groups in total. The van der Waals surface area contributed by atoms with Crippen molar-refractivity contribution in [2.75, 3.05) is 18.6 Å². The second-order valence-corrected chi connectivity index (χ2v) is 6.35. The minimum Gasteiger partial charge on any atom is -0.313 e. The van der Waals surface area contributed by atoms with E-state index in [0.717, 1.165) is 13.1 Å². The Kier molecular flexibility index (Phi) is 4.96. The van der Waals surface area contributed by atoms with E-state index >= 15 is 0 Å². The van der Waals surface area contributed by atoms with Crippen molar-refractivity contribution in [1.82, 2.24) is 5.32 Å². The van der Waals surface area contributed by atoms with E-state index in [1.54, 1.807) is 0 Å². The minimum atomic E-state index is -2.82. The first-order chi connectivity index (χ1) is 7.49. The van der Waals surface area contributed by atoms with Crippen LogP contribution >= 0.6 is 0 Å². The van der Waals surface area contributed by atoms with Crippen LogP contribution in [0.15, 0.2) is 24.3 Å². The monoisotopic (exact) mass is 241 g/mol. The molecule has 0 aliphatic carbocycles. The van der Waals surface area contributed by atoms with Gasteiger partial charge >= 0.3 is 0 Å². The van der Waals surface area contributed by atoms with Crippen LogP contribution in [0.5, 0.6) is 0 Å². The standard InChI is InChI=1S/C12H19NO2S/c1-11-6-3-4-7-12(11)10-13-8-5-9-16(2,14)15/h3-4,6-7,13H,5,8-10H2,1-2H3. The predicted octanol–water partition coefficient (Wildman–Crippen LogP) is 1.52. The maximum atomic E-state index is 10.9. The summed E-state index contributed by atoms with van der Waals surface area (Å²) in [6, 6.07) is 8.19. The Balaban J connectivity index is 2.24. The van der Waals surface area contributed by atoms with Crippen molar-refractivity contribution in [2.45, 2.75) is 19.9 Å². The number of hydrogen-bond donors (Lipinski definition) is 1. The maximum absolute atomic E-state index is 10.9. The second kappa shape index (κ2) is 6.01. The van der Waals surface area contributed by atoms with Crippen LogP contribution in [-0.2, 0) is 16.4 Å². The Bertz CT molecular complexity index is 426. The Morgan fingerprint density at radius 3 is 2.56 bits per heavy atom. The van der Waals surface area contributed by atoms with E-state index in [1.165, 1.54) is 17.4 Å². The summed E-state index contributed by atoms with van der Waals surface area (Å²) in [6.07, 6.45) is 1.94. The van der Waals surface area contributed by atoms with E-state index in [9.17, 15) is 8.42 Å². The average molecular weight is 241 g/mol. The van der Waals surface area contributed by atoms with Gasteiger partial charge in [0.05, 0.1) is 5.75 Å². The molecular weight excluding hydrogens is 222 g/mol. The van der Waals surface area contributed by atoms with Crippen molar-refractivity contribution >= 4 is 9.84 Å². The third kappa shape index (κ3) is 5.28. The van der Waals surface area contributed by atoms with E-state index in [1.807, 2.05) is 12.1 Å². The van der Waals surface area contributed by atoms with Crippen molar-refractivity contribution in [3.63, 3.8) is 0 Å². The van der Waals surface area contributed by atoms with Gasteiger partial charge in [0.15, 0.2) is 0 Å². The predicted molar refractivity (Wildman–Crippen MR) is 67.2 cm³/mol. The molecule has 1 aromatic rings. The Morgan fingerprint density at radius 1 is 1.25 bits per heavy atom. The maximum Gasteiger partial charge on any atom is 0.147 e. The molecule has 0 atom stereocenters. The van der Waals surface area contributed by atoms with Crippen molar-refractivity contribution in [1.29, 1.82) is 0 Å². The van der Waals surface area contributed by atoms with Gasteiger partial charge in [-0.1, -0.05) is 24.3 Å². The molecule has 0 fully saturated rings. The largest absolute Gasteiger partial charge is 0.313 e. The fraction of sp³-hybridized carbons (Fsp3) is 0.500. The third-order valence-corrected chi connectivity index (χ3v) is 3.48. The molecule has 1 aromatic carbocycles. The number of hydrogen-bond acceptors (Lipinski definition) is 3. The lowest BCUT2D eigenvalue weighted by molar-refractivity contribution is 0.594. The Morgan fingerprint density at radius 2 is 1.94 bits per heavy atom. The van der Waals surface area contributed by atoms with Gasteiger partial charge in [-0.2, -0.15) is 0 Å². The number of aryl methyl sites for hydroxylation is 1. The summed E-state index contributed by atoms with van der Waals surface area (Å²) in [6.45, 7) is 3.62. The van der Waals surface area contributed by atoms with Crippen LogP contribution in [-0.4, -0.2) is 27.0 Å². The molecule has 0 bridgehead atoms. The van der Waals surface area contributed by atoms with E-state index < -0.39 is 9.84 Å². The molecular formula is C12H19NO2S. The first-order valence-corrected chi connectivity index (χ1v) is 7.48. The third-order valence-electron chi connectivity index (χ3n) is 2.45. The number of benzene rings is 1. The molecule has 0 amide bonds. The fourth-order valence-electron chi connectivity index (χ4n) is 1.49. The molecule has 16 heavy (non-hydrogen) atoms. The molecule has 0 unspecified atom stereocenters. The molecule has 0 aliphatic rings. The highest BCUT2D eigenvalue weighted by Crippen LogP contribution is 2.05. The molecule has 0 heterocycles. The molecule has 0 saturated carbocycles. The highest BCUT2D eigenvalue weighted by Gasteiger charge is 2.01. The molecule has 0 saturated heterocycles. The molecule has 0 aromatic heterocycles. The van der Waals surface area contributed by atoms with Crippen molar-refractivity contribution in [3.8, 4) is 0 Å². The van der Waals surface area contributed by atoms with Crippen molar-refractivity contribution in [3.05, 3.63) is 35.4 Å². The number of rotatable bonds is 6. The van der Waals surface area contributed by atoms with Crippen LogP contribution in [0.1, 0.15) is 17.5 Å². The van der Waals surface area contributed by atoms with Gasteiger partial charge in [0, 0.05) is 12.8 Å². The number of nitrogens with one attached hydrogen (secondary N) is 1. The first kappa shape index (κ1) is 13.2. The van der Waals surface area contributed by atoms with Crippen LogP contribution in [0.3, 0.4) is 0 Å². The van der Waals surface area contributed by atoms with Crippen LogP contribution in [0.25, 0.3) is 0 Å². The molecule has 0 aliphatic heterocycles. The minimum absolute atomic E-state index is 0.258. The highest BCUT2D eigenvalue weighted by atomic mass is 32.2. The summed E-state index contributed by atoms with van der Waals surface area (Å²) < 4.78 is 21.8. The Hall–Kier alpha value is -0.870. The average Bonchev–Trinajstić information content (AvgIpc) is 2.18. The second-order valence-electron chi connectivity index (χ2n) is 4.09. The molecule has 90 valence electrons. The molecule has 0 spiro atoms. The van der Waals surface area contributed by atoms with Crippen LogP contribution in [0.4, 0.5) is 0 Å². The molecule has 1 rings (SSSR count). The normalized spacial score (nSPS) is 11.6. The van der Waals surface area contributed by atoms with Crippen molar-refractivity contribution < 1.29 is 8.42 Å². The lowest BCUT2D eigenvalue weighted by Gasteiger charge is -2.07. The lowest BCUT2D eigenvalue weighted by Crippen LogP contribution is -2.18. The van der Waals surface area contributed by atoms with Crippen LogP contribution in [0.2, 0.25) is 0 Å². The SMILES string of the molecule is Cc1ccccc1CNCCCS(C)(=O)=O. The molecule has 0 radical (unpaired) electrons. The van der Waals surface area contributed by atoms with Crippen LogP contribution < -0.4 is 5.32 Å². The summed E-state index contributed by atoms with van der Waals surface area (Å²) in [5.41, 5.74) is 2.53. The first-order valence-electron chi connectivity index (χ1n) is 5.42. The zero-order valence-electron chi connectivity index (χ0n) is 9.86. The van der Waals surface area contributed by atoms with Gasteiger partial charge in [0.2, 0.25) is 0 Å². The topological polar surface area (TPSA) is 46.2 Å². The van der Waals surface area contributed by atoms with Gasteiger partial charge in [-0.25, -0.2) is 8.42 Å². The van der Waals surface area contributed by atoms with Gasteiger partial charge in [-0.05, 0) is 31.0 Å². The van der Waals surface area contributed by atoms with E-state index in [0.29, 0.717) is 6.42 Å². The molecule has 3 nitrogen and oxygen atoms in total. The van der Waals surface area contributed by atoms with Crippen molar-refractivity contribution in [2.24, 2.45) is 0 Å². The van der Waals surface area contributed by atoms with Gasteiger partial charge in [-0.3, -0.25) is 0 Å². The highest BCUT2D eigenvalue weighted by molar-refractivity contribution is 7.90. The van der Waals surface area contributed by atoms with E-state index in [2.05, 4.69) is 24.4 Å². The summed E-state index contributed by atoms with van der Waals surface area (Å²) >= 11 is 0. The summed E-state index contributed by atoms with van der Waals surface area (Å²) in [7, 11) is -2.82. The summed E-state index contributed by atoms with van der Waals surface area (Å²) in [5.74, 6) is 0.258. The smallest absolute Gasteiger partial charge is 0.147 e. The van der Waals surface area contributed by atoms with Gasteiger partial charge in [0.1, 0.15) is 9.84 Å². The number of sulfone groups is 1. The zero-order valence-corrected chi connectivity index (χ0v) is 10.7. The quantitative estimate of drug-likeness (QED) is 0.768. The Labute approximate surface area is 97.8 Å². The summed E-state index contributed by atoms with van der Waals surface area (Å²) in [5, 5.41) is 3.25.